The first-order valence-electron chi connectivity index (χ1n) is 7.69. The zero-order chi connectivity index (χ0) is 18.4. The largest absolute Gasteiger partial charge is 0.478 e. The third-order valence-corrected chi connectivity index (χ3v) is 4.38. The van der Waals surface area contributed by atoms with E-state index >= 15 is 0 Å². The molecule has 0 fully saturated rings. The van der Waals surface area contributed by atoms with Crippen molar-refractivity contribution in [1.29, 1.82) is 0 Å². The number of nitrogens with one attached hydrogen (secondary N) is 1. The van der Waals surface area contributed by atoms with E-state index < -0.39 is 5.97 Å². The molecular formula is C17H15N5O3S. The summed E-state index contributed by atoms with van der Waals surface area (Å²) in [7, 11) is 0. The van der Waals surface area contributed by atoms with Gasteiger partial charge in [0.25, 0.3) is 0 Å². The van der Waals surface area contributed by atoms with Gasteiger partial charge in [0.1, 0.15) is 0 Å². The summed E-state index contributed by atoms with van der Waals surface area (Å²) in [5, 5.41) is 23.7. The van der Waals surface area contributed by atoms with E-state index in [0.717, 1.165) is 11.3 Å². The zero-order valence-corrected chi connectivity index (χ0v) is 14.4. The van der Waals surface area contributed by atoms with Crippen LogP contribution in [0.25, 0.3) is 5.69 Å². The summed E-state index contributed by atoms with van der Waals surface area (Å²) >= 11 is 1.24. The lowest BCUT2D eigenvalue weighted by molar-refractivity contribution is -0.118. The van der Waals surface area contributed by atoms with Gasteiger partial charge in [-0.15, -0.1) is 5.10 Å². The van der Waals surface area contributed by atoms with E-state index in [-0.39, 0.29) is 17.2 Å². The Hall–Kier alpha value is -3.20. The molecule has 0 aliphatic rings. The molecule has 0 radical (unpaired) electrons. The summed E-state index contributed by atoms with van der Waals surface area (Å²) < 4.78 is 1.57. The van der Waals surface area contributed by atoms with Gasteiger partial charge in [0.15, 0.2) is 0 Å². The van der Waals surface area contributed by atoms with Crippen molar-refractivity contribution in [2.24, 2.45) is 0 Å². The molecule has 0 aliphatic heterocycles. The van der Waals surface area contributed by atoms with Crippen LogP contribution in [0.5, 0.6) is 0 Å². The SMILES string of the molecule is O=C(CSc1nnnn1-c1ccccc1)NCc1ccc(C(=O)O)cc1. The lowest BCUT2D eigenvalue weighted by Gasteiger charge is -2.06. The minimum Gasteiger partial charge on any atom is -0.478 e. The number of carbonyl (C=O) groups is 2. The van der Waals surface area contributed by atoms with E-state index in [2.05, 4.69) is 20.8 Å². The van der Waals surface area contributed by atoms with Crippen LogP contribution in [0, 0.1) is 0 Å². The number of thioether (sulfide) groups is 1. The summed E-state index contributed by atoms with van der Waals surface area (Å²) in [6.45, 7) is 0.322. The number of carboxylic acids is 1. The van der Waals surface area contributed by atoms with Crippen LogP contribution in [0.15, 0.2) is 59.8 Å². The standard InChI is InChI=1S/C17H15N5O3S/c23-15(18-10-12-6-8-13(9-7-12)16(24)25)11-26-17-19-20-21-22(17)14-4-2-1-3-5-14/h1-9H,10-11H2,(H,18,23)(H,24,25). The number of hydrogen-bond acceptors (Lipinski definition) is 6. The fraction of sp³-hybridized carbons (Fsp3) is 0.118. The maximum absolute atomic E-state index is 12.0. The van der Waals surface area contributed by atoms with Gasteiger partial charge in [-0.3, -0.25) is 4.79 Å². The second-order valence-electron chi connectivity index (χ2n) is 5.28. The number of para-hydroxylation sites is 1. The lowest BCUT2D eigenvalue weighted by atomic mass is 10.1. The van der Waals surface area contributed by atoms with Crippen LogP contribution in [-0.2, 0) is 11.3 Å². The highest BCUT2D eigenvalue weighted by atomic mass is 32.2. The number of aromatic carboxylic acids is 1. The summed E-state index contributed by atoms with van der Waals surface area (Å²) in [5.74, 6) is -0.978. The van der Waals surface area contributed by atoms with Gasteiger partial charge in [0.05, 0.1) is 17.0 Å². The topological polar surface area (TPSA) is 110 Å². The Bertz CT molecular complexity index is 896. The van der Waals surface area contributed by atoms with Crippen molar-refractivity contribution in [3.8, 4) is 5.69 Å². The van der Waals surface area contributed by atoms with Crippen LogP contribution in [-0.4, -0.2) is 42.9 Å². The highest BCUT2D eigenvalue weighted by Crippen LogP contribution is 2.17. The molecule has 0 saturated heterocycles. The molecule has 0 atom stereocenters. The van der Waals surface area contributed by atoms with E-state index in [9.17, 15) is 9.59 Å². The molecule has 0 saturated carbocycles. The first-order chi connectivity index (χ1) is 12.6. The first-order valence-corrected chi connectivity index (χ1v) is 8.67. The van der Waals surface area contributed by atoms with Crippen LogP contribution in [0.3, 0.4) is 0 Å². The molecule has 9 heteroatoms. The van der Waals surface area contributed by atoms with Gasteiger partial charge >= 0.3 is 5.97 Å². The molecule has 3 rings (SSSR count). The molecule has 0 unspecified atom stereocenters. The second-order valence-corrected chi connectivity index (χ2v) is 6.22. The number of nitrogens with zero attached hydrogens (tertiary/aromatic N) is 4. The predicted octanol–water partition coefficient (Wildman–Crippen LogP) is 1.77. The minimum absolute atomic E-state index is 0.167. The summed E-state index contributed by atoms with van der Waals surface area (Å²) in [6, 6.07) is 15.8. The predicted molar refractivity (Wildman–Crippen MR) is 95.1 cm³/mol. The Balaban J connectivity index is 1.52. The molecule has 0 spiro atoms. The van der Waals surface area contributed by atoms with Gasteiger partial charge in [0.2, 0.25) is 11.1 Å². The molecule has 2 N–H and O–H groups in total. The van der Waals surface area contributed by atoms with Crippen molar-refractivity contribution in [2.75, 3.05) is 5.75 Å². The van der Waals surface area contributed by atoms with Crippen molar-refractivity contribution in [3.05, 3.63) is 65.7 Å². The van der Waals surface area contributed by atoms with E-state index in [0.29, 0.717) is 11.7 Å². The van der Waals surface area contributed by atoms with Gasteiger partial charge in [-0.1, -0.05) is 42.1 Å². The smallest absolute Gasteiger partial charge is 0.335 e. The monoisotopic (exact) mass is 369 g/mol. The average molecular weight is 369 g/mol. The quantitative estimate of drug-likeness (QED) is 0.611. The van der Waals surface area contributed by atoms with Crippen molar-refractivity contribution in [3.63, 3.8) is 0 Å². The van der Waals surface area contributed by atoms with E-state index in [1.807, 2.05) is 30.3 Å². The number of carboxylic acid groups (broad SMARTS) is 1. The highest BCUT2D eigenvalue weighted by Gasteiger charge is 2.11. The van der Waals surface area contributed by atoms with Crippen molar-refractivity contribution in [1.82, 2.24) is 25.5 Å². The Morgan fingerprint density at radius 1 is 1.08 bits per heavy atom. The van der Waals surface area contributed by atoms with Gasteiger partial charge < -0.3 is 10.4 Å². The van der Waals surface area contributed by atoms with Crippen molar-refractivity contribution >= 4 is 23.6 Å². The summed E-state index contributed by atoms with van der Waals surface area (Å²) in [4.78, 5) is 22.8. The fourth-order valence-corrected chi connectivity index (χ4v) is 2.87. The van der Waals surface area contributed by atoms with Crippen molar-refractivity contribution < 1.29 is 14.7 Å². The van der Waals surface area contributed by atoms with E-state index in [1.54, 1.807) is 16.8 Å². The molecule has 132 valence electrons. The van der Waals surface area contributed by atoms with Crippen LogP contribution in [0.4, 0.5) is 0 Å². The molecule has 0 bridgehead atoms. The Labute approximate surface area is 153 Å². The Morgan fingerprint density at radius 2 is 1.81 bits per heavy atom. The Kier molecular flexibility index (Phi) is 5.59. The molecular weight excluding hydrogens is 354 g/mol. The Morgan fingerprint density at radius 3 is 2.50 bits per heavy atom. The second kappa shape index (κ2) is 8.26. The fourth-order valence-electron chi connectivity index (χ4n) is 2.15. The summed E-state index contributed by atoms with van der Waals surface area (Å²) in [6.07, 6.45) is 0. The third-order valence-electron chi connectivity index (χ3n) is 3.46. The van der Waals surface area contributed by atoms with E-state index in [1.165, 1.54) is 23.9 Å². The van der Waals surface area contributed by atoms with E-state index in [4.69, 9.17) is 5.11 Å². The third kappa shape index (κ3) is 4.45. The molecule has 1 aromatic heterocycles. The van der Waals surface area contributed by atoms with Gasteiger partial charge in [0, 0.05) is 6.54 Å². The van der Waals surface area contributed by atoms with Crippen LogP contribution < -0.4 is 5.32 Å². The maximum Gasteiger partial charge on any atom is 0.335 e. The minimum atomic E-state index is -0.979. The molecule has 1 heterocycles. The molecule has 2 aromatic carbocycles. The van der Waals surface area contributed by atoms with Gasteiger partial charge in [-0.05, 0) is 40.3 Å². The molecule has 26 heavy (non-hydrogen) atoms. The number of hydrogen-bond donors (Lipinski definition) is 2. The highest BCUT2D eigenvalue weighted by molar-refractivity contribution is 7.99. The number of amides is 1. The average Bonchev–Trinajstić information content (AvgIpc) is 3.14. The van der Waals surface area contributed by atoms with Gasteiger partial charge in [-0.25, -0.2) is 4.79 Å². The number of tetrazole rings is 1. The number of carbonyl (C=O) groups excluding carboxylic acids is 1. The molecule has 0 aliphatic carbocycles. The maximum atomic E-state index is 12.0. The molecule has 1 amide bonds. The molecule has 8 nitrogen and oxygen atoms in total. The van der Waals surface area contributed by atoms with Gasteiger partial charge in [-0.2, -0.15) is 4.68 Å². The zero-order valence-electron chi connectivity index (χ0n) is 13.6. The number of rotatable bonds is 7. The molecule has 3 aromatic rings. The van der Waals surface area contributed by atoms with Crippen LogP contribution in [0.2, 0.25) is 0 Å². The number of benzene rings is 2. The lowest BCUT2D eigenvalue weighted by Crippen LogP contribution is -2.24. The number of aromatic nitrogens is 4. The van der Waals surface area contributed by atoms with Crippen LogP contribution in [0.1, 0.15) is 15.9 Å². The normalized spacial score (nSPS) is 10.5. The summed E-state index contributed by atoms with van der Waals surface area (Å²) in [5.41, 5.74) is 1.85. The van der Waals surface area contributed by atoms with Crippen molar-refractivity contribution in [2.45, 2.75) is 11.7 Å². The first kappa shape index (κ1) is 17.6. The van der Waals surface area contributed by atoms with Crippen LogP contribution >= 0.6 is 11.8 Å².